The topological polar surface area (TPSA) is 70.1 Å². The summed E-state index contributed by atoms with van der Waals surface area (Å²) in [7, 11) is 3.77. The number of ether oxygens (including phenoxy) is 1. The zero-order chi connectivity index (χ0) is 25.2. The number of aliphatic hydroxyl groups excluding tert-OH is 1. The quantitative estimate of drug-likeness (QED) is 0.299. The predicted octanol–water partition coefficient (Wildman–Crippen LogP) is 5.32. The molecule has 0 radical (unpaired) electrons. The van der Waals surface area contributed by atoms with E-state index in [0.29, 0.717) is 52.5 Å². The van der Waals surface area contributed by atoms with Gasteiger partial charge < -0.3 is 19.6 Å². The van der Waals surface area contributed by atoms with Crippen molar-refractivity contribution in [3.63, 3.8) is 0 Å². The van der Waals surface area contributed by atoms with Gasteiger partial charge in [0.15, 0.2) is 0 Å². The number of carbonyl (C=O) groups is 2. The SMILES string of the molecule is Cc1cc(/C(O)=C2\C(=O)C(=O)N(CCN(C)C)C2c2ccc(Cl)c(Cl)c2)ccc1OCC(C)C. The minimum atomic E-state index is -0.785. The van der Waals surface area contributed by atoms with E-state index in [-0.39, 0.29) is 11.3 Å². The molecule has 1 saturated heterocycles. The molecular weight excluding hydrogens is 475 g/mol. The first-order valence-electron chi connectivity index (χ1n) is 11.1. The van der Waals surface area contributed by atoms with Gasteiger partial charge in [-0.2, -0.15) is 0 Å². The van der Waals surface area contributed by atoms with Crippen LogP contribution in [0.15, 0.2) is 42.0 Å². The smallest absolute Gasteiger partial charge is 0.295 e. The van der Waals surface area contributed by atoms with Gasteiger partial charge in [0.25, 0.3) is 11.7 Å². The lowest BCUT2D eigenvalue weighted by Gasteiger charge is -2.26. The minimum Gasteiger partial charge on any atom is -0.507 e. The van der Waals surface area contributed by atoms with Crippen molar-refractivity contribution in [3.8, 4) is 5.75 Å². The number of rotatable bonds is 8. The molecule has 1 aliphatic heterocycles. The number of hydrogen-bond acceptors (Lipinski definition) is 5. The maximum Gasteiger partial charge on any atom is 0.295 e. The lowest BCUT2D eigenvalue weighted by molar-refractivity contribution is -0.140. The summed E-state index contributed by atoms with van der Waals surface area (Å²) < 4.78 is 5.82. The van der Waals surface area contributed by atoms with Crippen LogP contribution in [0.5, 0.6) is 5.75 Å². The summed E-state index contributed by atoms with van der Waals surface area (Å²) in [6.07, 6.45) is 0. The average Bonchev–Trinajstić information content (AvgIpc) is 3.02. The van der Waals surface area contributed by atoms with Crippen molar-refractivity contribution in [1.29, 1.82) is 0 Å². The van der Waals surface area contributed by atoms with E-state index in [0.717, 1.165) is 5.56 Å². The number of aryl methyl sites for hydroxylation is 1. The van der Waals surface area contributed by atoms with Crippen LogP contribution >= 0.6 is 23.2 Å². The largest absolute Gasteiger partial charge is 0.507 e. The highest BCUT2D eigenvalue weighted by atomic mass is 35.5. The van der Waals surface area contributed by atoms with Crippen LogP contribution in [0.2, 0.25) is 10.0 Å². The molecule has 6 nitrogen and oxygen atoms in total. The van der Waals surface area contributed by atoms with E-state index in [4.69, 9.17) is 27.9 Å². The summed E-state index contributed by atoms with van der Waals surface area (Å²) in [4.78, 5) is 29.5. The molecule has 0 spiro atoms. The van der Waals surface area contributed by atoms with Gasteiger partial charge in [-0.3, -0.25) is 9.59 Å². The van der Waals surface area contributed by atoms with E-state index < -0.39 is 17.7 Å². The van der Waals surface area contributed by atoms with Crippen LogP contribution in [0.1, 0.15) is 36.6 Å². The van der Waals surface area contributed by atoms with Crippen molar-refractivity contribution < 1.29 is 19.4 Å². The number of aliphatic hydroxyl groups is 1. The summed E-state index contributed by atoms with van der Waals surface area (Å²) in [5, 5.41) is 11.9. The number of hydrogen-bond donors (Lipinski definition) is 1. The Hall–Kier alpha value is -2.54. The fraction of sp³-hybridized carbons (Fsp3) is 0.385. The van der Waals surface area contributed by atoms with E-state index >= 15 is 0 Å². The Labute approximate surface area is 210 Å². The van der Waals surface area contributed by atoms with Crippen LogP contribution in [0.25, 0.3) is 5.76 Å². The number of ketones is 1. The van der Waals surface area contributed by atoms with E-state index in [1.165, 1.54) is 4.90 Å². The molecule has 0 saturated carbocycles. The van der Waals surface area contributed by atoms with E-state index in [1.807, 2.05) is 25.9 Å². The fourth-order valence-corrected chi connectivity index (χ4v) is 4.12. The van der Waals surface area contributed by atoms with Gasteiger partial charge in [-0.1, -0.05) is 43.1 Å². The number of Topliss-reactive ketones (excluding diaryl/α,β-unsaturated/α-hetero) is 1. The number of carbonyl (C=O) groups excluding carboxylic acids is 2. The van der Waals surface area contributed by atoms with Gasteiger partial charge >= 0.3 is 0 Å². The summed E-state index contributed by atoms with van der Waals surface area (Å²) in [5.74, 6) is -0.548. The second-order valence-electron chi connectivity index (χ2n) is 9.15. The monoisotopic (exact) mass is 504 g/mol. The molecule has 8 heteroatoms. The molecule has 0 aromatic heterocycles. The Kier molecular flexibility index (Phi) is 8.29. The fourth-order valence-electron chi connectivity index (χ4n) is 3.82. The lowest BCUT2D eigenvalue weighted by Crippen LogP contribution is -2.35. The molecule has 1 heterocycles. The Morgan fingerprint density at radius 3 is 2.41 bits per heavy atom. The van der Waals surface area contributed by atoms with Crippen molar-refractivity contribution in [2.75, 3.05) is 33.8 Å². The van der Waals surface area contributed by atoms with Gasteiger partial charge in [-0.25, -0.2) is 0 Å². The summed E-state index contributed by atoms with van der Waals surface area (Å²) in [6, 6.07) is 9.40. The Balaban J connectivity index is 2.10. The normalized spacial score (nSPS) is 17.8. The van der Waals surface area contributed by atoms with Crippen LogP contribution in [-0.4, -0.2) is 60.4 Å². The zero-order valence-corrected chi connectivity index (χ0v) is 21.6. The first kappa shape index (κ1) is 26.1. The van der Waals surface area contributed by atoms with Crippen molar-refractivity contribution in [3.05, 3.63) is 68.7 Å². The number of halogens is 2. The first-order valence-corrected chi connectivity index (χ1v) is 11.9. The highest BCUT2D eigenvalue weighted by Gasteiger charge is 2.46. The van der Waals surface area contributed by atoms with Crippen molar-refractivity contribution in [2.45, 2.75) is 26.8 Å². The number of likely N-dealkylation sites (tertiary alicyclic amines) is 1. The van der Waals surface area contributed by atoms with Gasteiger partial charge in [0.1, 0.15) is 11.5 Å². The van der Waals surface area contributed by atoms with Gasteiger partial charge in [0.2, 0.25) is 0 Å². The third-order valence-electron chi connectivity index (χ3n) is 5.61. The highest BCUT2D eigenvalue weighted by molar-refractivity contribution is 6.46. The van der Waals surface area contributed by atoms with E-state index in [1.54, 1.807) is 36.4 Å². The van der Waals surface area contributed by atoms with Crippen molar-refractivity contribution >= 4 is 40.7 Å². The van der Waals surface area contributed by atoms with Crippen LogP contribution in [0.4, 0.5) is 0 Å². The van der Waals surface area contributed by atoms with Crippen LogP contribution < -0.4 is 4.74 Å². The number of likely N-dealkylation sites (N-methyl/N-ethyl adjacent to an activating group) is 1. The molecule has 0 bridgehead atoms. The molecule has 1 aliphatic rings. The van der Waals surface area contributed by atoms with Crippen molar-refractivity contribution in [2.24, 2.45) is 5.92 Å². The molecule has 1 fully saturated rings. The Morgan fingerprint density at radius 1 is 1.12 bits per heavy atom. The summed E-state index contributed by atoms with van der Waals surface area (Å²) >= 11 is 12.4. The molecule has 1 atom stereocenters. The maximum atomic E-state index is 13.1. The third-order valence-corrected chi connectivity index (χ3v) is 6.35. The van der Waals surface area contributed by atoms with Gasteiger partial charge in [-0.15, -0.1) is 0 Å². The van der Waals surface area contributed by atoms with E-state index in [9.17, 15) is 14.7 Å². The molecule has 3 rings (SSSR count). The molecule has 2 aromatic rings. The zero-order valence-electron chi connectivity index (χ0n) is 20.1. The molecule has 1 amide bonds. The molecule has 2 aromatic carbocycles. The maximum absolute atomic E-state index is 13.1. The highest BCUT2D eigenvalue weighted by Crippen LogP contribution is 2.41. The number of amides is 1. The van der Waals surface area contributed by atoms with Crippen LogP contribution in [0.3, 0.4) is 0 Å². The second-order valence-corrected chi connectivity index (χ2v) is 9.97. The molecule has 1 N–H and O–H groups in total. The van der Waals surface area contributed by atoms with Gasteiger partial charge in [0.05, 0.1) is 28.3 Å². The summed E-state index contributed by atoms with van der Waals surface area (Å²) in [5.41, 5.74) is 1.88. The molecule has 0 aliphatic carbocycles. The predicted molar refractivity (Wildman–Crippen MR) is 136 cm³/mol. The van der Waals surface area contributed by atoms with Crippen molar-refractivity contribution in [1.82, 2.24) is 9.80 Å². The lowest BCUT2D eigenvalue weighted by atomic mass is 9.94. The minimum absolute atomic E-state index is 0.0254. The first-order chi connectivity index (χ1) is 16.0. The molecule has 182 valence electrons. The van der Waals surface area contributed by atoms with E-state index in [2.05, 4.69) is 13.8 Å². The molecular formula is C26H30Cl2N2O4. The van der Waals surface area contributed by atoms with Crippen LogP contribution in [-0.2, 0) is 9.59 Å². The number of nitrogens with zero attached hydrogens (tertiary/aromatic N) is 2. The third kappa shape index (κ3) is 5.57. The standard InChI is InChI=1S/C26H30Cl2N2O4/c1-15(2)14-34-21-9-7-18(12-16(21)3)24(31)22-23(17-6-8-19(27)20(28)13-17)30(11-10-29(4)5)26(33)25(22)32/h6-9,12-13,15,23,31H,10-11,14H2,1-5H3/b24-22+. The Bertz CT molecular complexity index is 1130. The molecule has 34 heavy (non-hydrogen) atoms. The van der Waals surface area contributed by atoms with Gasteiger partial charge in [-0.05, 0) is 68.4 Å². The Morgan fingerprint density at radius 2 is 1.82 bits per heavy atom. The average molecular weight is 505 g/mol. The van der Waals surface area contributed by atoms with Crippen LogP contribution in [0, 0.1) is 12.8 Å². The number of benzene rings is 2. The van der Waals surface area contributed by atoms with Gasteiger partial charge in [0, 0.05) is 18.7 Å². The molecule has 1 unspecified atom stereocenters. The summed E-state index contributed by atoms with van der Waals surface area (Å²) in [6.45, 7) is 7.42. The second kappa shape index (κ2) is 10.8.